The lowest BCUT2D eigenvalue weighted by Gasteiger charge is -2.42. The number of rotatable bonds is 4. The van der Waals surface area contributed by atoms with Crippen molar-refractivity contribution < 1.29 is 14.3 Å². The number of esters is 1. The number of ether oxygens (including phenoxy) is 1. The van der Waals surface area contributed by atoms with Crippen LogP contribution in [0, 0.1) is 11.3 Å². The van der Waals surface area contributed by atoms with Gasteiger partial charge in [0.1, 0.15) is 5.92 Å². The molecule has 2 unspecified atom stereocenters. The van der Waals surface area contributed by atoms with Crippen molar-refractivity contribution >= 4 is 11.8 Å². The number of ketones is 1. The lowest BCUT2D eigenvalue weighted by atomic mass is 9.66. The van der Waals surface area contributed by atoms with Crippen LogP contribution in [0.15, 0.2) is 47.8 Å². The molecule has 1 heterocycles. The fraction of sp³-hybridized carbons (Fsp3) is 0.500. The molecule has 0 saturated carbocycles. The van der Waals surface area contributed by atoms with Gasteiger partial charge >= 0.3 is 5.97 Å². The summed E-state index contributed by atoms with van der Waals surface area (Å²) >= 11 is 0. The minimum atomic E-state index is -0.603. The van der Waals surface area contributed by atoms with Crippen LogP contribution >= 0.6 is 0 Å². The number of hydrogen-bond acceptors (Lipinski definition) is 4. The van der Waals surface area contributed by atoms with E-state index in [4.69, 9.17) is 4.74 Å². The van der Waals surface area contributed by atoms with Gasteiger partial charge in [-0.25, -0.2) is 0 Å². The molecule has 0 spiro atoms. The summed E-state index contributed by atoms with van der Waals surface area (Å²) in [6.07, 6.45) is 1.25. The van der Waals surface area contributed by atoms with E-state index in [1.807, 2.05) is 12.1 Å². The third-order valence-electron chi connectivity index (χ3n) is 5.75. The highest BCUT2D eigenvalue weighted by atomic mass is 16.5. The zero-order valence-electron chi connectivity index (χ0n) is 17.6. The van der Waals surface area contributed by atoms with Gasteiger partial charge in [-0.1, -0.05) is 58.5 Å². The van der Waals surface area contributed by atoms with Crippen LogP contribution in [0.2, 0.25) is 0 Å². The lowest BCUT2D eigenvalue weighted by Crippen LogP contribution is -2.43. The number of hydrogen-bond donors (Lipinski definition) is 1. The summed E-state index contributed by atoms with van der Waals surface area (Å²) < 4.78 is 5.35. The van der Waals surface area contributed by atoms with Gasteiger partial charge in [-0.3, -0.25) is 9.59 Å². The van der Waals surface area contributed by atoms with Crippen molar-refractivity contribution in [2.24, 2.45) is 11.3 Å². The molecule has 0 amide bonds. The van der Waals surface area contributed by atoms with Crippen LogP contribution in [0.1, 0.15) is 70.4 Å². The van der Waals surface area contributed by atoms with Gasteiger partial charge in [0, 0.05) is 29.3 Å². The van der Waals surface area contributed by atoms with Crippen molar-refractivity contribution in [1.29, 1.82) is 0 Å². The summed E-state index contributed by atoms with van der Waals surface area (Å²) in [6, 6.07) is 8.26. The first-order valence-corrected chi connectivity index (χ1v) is 10.1. The molecule has 1 N–H and O–H groups in total. The molecule has 3 rings (SSSR count). The van der Waals surface area contributed by atoms with Gasteiger partial charge in [-0.15, -0.1) is 0 Å². The Kier molecular flexibility index (Phi) is 5.51. The molecule has 1 aromatic rings. The molecule has 4 nitrogen and oxygen atoms in total. The van der Waals surface area contributed by atoms with Gasteiger partial charge in [0.05, 0.1) is 6.61 Å². The van der Waals surface area contributed by atoms with Crippen LogP contribution in [0.4, 0.5) is 0 Å². The number of nitrogens with one attached hydrogen (secondary N) is 1. The zero-order valence-corrected chi connectivity index (χ0v) is 17.6. The SMILES string of the molecule is C=C1NC2=C(C(=O)CC(C)(C)C2)C(c2ccc(C(C)C)cc2)C1C(=O)OCC. The summed E-state index contributed by atoms with van der Waals surface area (Å²) in [5.74, 6) is -0.758. The summed E-state index contributed by atoms with van der Waals surface area (Å²) in [6.45, 7) is 14.7. The smallest absolute Gasteiger partial charge is 0.315 e. The third-order valence-corrected chi connectivity index (χ3v) is 5.75. The van der Waals surface area contributed by atoms with Crippen molar-refractivity contribution in [3.05, 3.63) is 58.9 Å². The Morgan fingerprint density at radius 3 is 2.46 bits per heavy atom. The minimum Gasteiger partial charge on any atom is -0.465 e. The Bertz CT molecular complexity index is 830. The normalized spacial score (nSPS) is 24.1. The molecule has 1 aliphatic heterocycles. The number of Topliss-reactive ketones (excluding diaryl/α,β-unsaturated/α-hetero) is 1. The highest BCUT2D eigenvalue weighted by molar-refractivity contribution is 6.00. The maximum absolute atomic E-state index is 13.2. The Labute approximate surface area is 168 Å². The molecule has 2 atom stereocenters. The van der Waals surface area contributed by atoms with E-state index < -0.39 is 5.92 Å². The summed E-state index contributed by atoms with van der Waals surface area (Å²) in [7, 11) is 0. The monoisotopic (exact) mass is 381 g/mol. The van der Waals surface area contributed by atoms with Crippen LogP contribution in [-0.2, 0) is 14.3 Å². The fourth-order valence-corrected chi connectivity index (χ4v) is 4.40. The second kappa shape index (κ2) is 7.57. The van der Waals surface area contributed by atoms with Gasteiger partial charge in [0.2, 0.25) is 0 Å². The van der Waals surface area contributed by atoms with E-state index in [1.165, 1.54) is 5.56 Å². The molecule has 0 fully saturated rings. The number of carbonyl (C=O) groups excluding carboxylic acids is 2. The third kappa shape index (κ3) is 3.78. The van der Waals surface area contributed by atoms with E-state index in [2.05, 4.69) is 51.7 Å². The van der Waals surface area contributed by atoms with Crippen LogP contribution in [0.5, 0.6) is 0 Å². The Morgan fingerprint density at radius 2 is 1.89 bits per heavy atom. The molecule has 1 aromatic carbocycles. The van der Waals surface area contributed by atoms with E-state index in [-0.39, 0.29) is 23.1 Å². The molecule has 0 bridgehead atoms. The van der Waals surface area contributed by atoms with E-state index in [0.717, 1.165) is 23.3 Å². The number of carbonyl (C=O) groups is 2. The second-order valence-corrected chi connectivity index (χ2v) is 9.01. The van der Waals surface area contributed by atoms with Crippen molar-refractivity contribution in [1.82, 2.24) is 5.32 Å². The fourth-order valence-electron chi connectivity index (χ4n) is 4.40. The van der Waals surface area contributed by atoms with Gasteiger partial charge < -0.3 is 10.1 Å². The van der Waals surface area contributed by atoms with Crippen molar-refractivity contribution in [3.63, 3.8) is 0 Å². The number of allylic oxidation sites excluding steroid dienone is 2. The molecule has 0 radical (unpaired) electrons. The van der Waals surface area contributed by atoms with Gasteiger partial charge in [0.15, 0.2) is 5.78 Å². The lowest BCUT2D eigenvalue weighted by molar-refractivity contribution is -0.147. The standard InChI is InChI=1S/C24H31NO3/c1-7-28-23(27)20-15(4)25-18-12-24(5,6)13-19(26)22(18)21(20)17-10-8-16(9-11-17)14(2)3/h8-11,14,20-21,25H,4,7,12-13H2,1-3,5-6H3. The van der Waals surface area contributed by atoms with Gasteiger partial charge in [-0.2, -0.15) is 0 Å². The number of benzene rings is 1. The maximum atomic E-state index is 13.2. The van der Waals surface area contributed by atoms with Crippen molar-refractivity contribution in [2.75, 3.05) is 6.61 Å². The first-order valence-electron chi connectivity index (χ1n) is 10.1. The highest BCUT2D eigenvalue weighted by Crippen LogP contribution is 2.48. The molecule has 0 aromatic heterocycles. The van der Waals surface area contributed by atoms with E-state index in [0.29, 0.717) is 24.6 Å². The minimum absolute atomic E-state index is 0.105. The molecular formula is C24H31NO3. The second-order valence-electron chi connectivity index (χ2n) is 9.01. The molecule has 2 aliphatic rings. The first kappa shape index (κ1) is 20.4. The molecule has 150 valence electrons. The highest BCUT2D eigenvalue weighted by Gasteiger charge is 2.46. The van der Waals surface area contributed by atoms with Crippen LogP contribution in [-0.4, -0.2) is 18.4 Å². The Morgan fingerprint density at radius 1 is 1.25 bits per heavy atom. The largest absolute Gasteiger partial charge is 0.465 e. The Hall–Kier alpha value is -2.36. The zero-order chi connectivity index (χ0) is 20.6. The average molecular weight is 382 g/mol. The summed E-state index contributed by atoms with van der Waals surface area (Å²) in [4.78, 5) is 26.0. The van der Waals surface area contributed by atoms with Crippen LogP contribution < -0.4 is 5.32 Å². The molecule has 1 aliphatic carbocycles. The first-order chi connectivity index (χ1) is 13.1. The van der Waals surface area contributed by atoms with Crippen molar-refractivity contribution in [2.45, 2.75) is 59.3 Å². The topological polar surface area (TPSA) is 55.4 Å². The average Bonchev–Trinajstić information content (AvgIpc) is 2.59. The van der Waals surface area contributed by atoms with E-state index in [1.54, 1.807) is 6.92 Å². The predicted molar refractivity (Wildman–Crippen MR) is 111 cm³/mol. The summed E-state index contributed by atoms with van der Waals surface area (Å²) in [5, 5.41) is 3.29. The van der Waals surface area contributed by atoms with Gasteiger partial charge in [-0.05, 0) is 35.8 Å². The predicted octanol–water partition coefficient (Wildman–Crippen LogP) is 4.83. The maximum Gasteiger partial charge on any atom is 0.315 e. The van der Waals surface area contributed by atoms with Crippen LogP contribution in [0.3, 0.4) is 0 Å². The molecular weight excluding hydrogens is 350 g/mol. The molecule has 0 saturated heterocycles. The molecule has 4 heteroatoms. The Balaban J connectivity index is 2.13. The van der Waals surface area contributed by atoms with Gasteiger partial charge in [0.25, 0.3) is 0 Å². The quantitative estimate of drug-likeness (QED) is 0.759. The van der Waals surface area contributed by atoms with Crippen LogP contribution in [0.25, 0.3) is 0 Å². The van der Waals surface area contributed by atoms with E-state index >= 15 is 0 Å². The molecule has 28 heavy (non-hydrogen) atoms. The van der Waals surface area contributed by atoms with Crippen molar-refractivity contribution in [3.8, 4) is 0 Å². The summed E-state index contributed by atoms with van der Waals surface area (Å²) in [5.41, 5.74) is 4.33. The van der Waals surface area contributed by atoms with E-state index in [9.17, 15) is 9.59 Å².